The molecule has 27 heavy (non-hydrogen) atoms. The molecule has 0 aromatic carbocycles. The zero-order valence-electron chi connectivity index (χ0n) is 16.0. The number of amides is 1. The summed E-state index contributed by atoms with van der Waals surface area (Å²) in [6.45, 7) is 6.06. The van der Waals surface area contributed by atoms with Crippen LogP contribution in [0.1, 0.15) is 43.0 Å². The Hall–Kier alpha value is -2.22. The van der Waals surface area contributed by atoms with Gasteiger partial charge in [0.05, 0.1) is 11.7 Å². The van der Waals surface area contributed by atoms with Crippen LogP contribution in [-0.2, 0) is 20.9 Å². The molecule has 0 N–H and O–H groups in total. The van der Waals surface area contributed by atoms with E-state index in [9.17, 15) is 14.4 Å². The number of esters is 1. The van der Waals surface area contributed by atoms with Gasteiger partial charge in [0.1, 0.15) is 11.4 Å². The third-order valence-electron chi connectivity index (χ3n) is 5.23. The van der Waals surface area contributed by atoms with Crippen molar-refractivity contribution >= 4 is 33.4 Å². The predicted molar refractivity (Wildman–Crippen MR) is 104 cm³/mol. The zero-order valence-corrected chi connectivity index (χ0v) is 16.8. The fraction of sp³-hybridized carbons (Fsp3) is 0.579. The Morgan fingerprint density at radius 3 is 2.85 bits per heavy atom. The monoisotopic (exact) mass is 391 g/mol. The Balaban J connectivity index is 1.63. The lowest BCUT2D eigenvalue weighted by Gasteiger charge is -2.35. The van der Waals surface area contributed by atoms with E-state index < -0.39 is 5.97 Å². The molecule has 0 aliphatic carbocycles. The van der Waals surface area contributed by atoms with Crippen LogP contribution in [-0.4, -0.2) is 45.5 Å². The molecular weight excluding hydrogens is 366 g/mol. The van der Waals surface area contributed by atoms with Crippen molar-refractivity contribution in [2.75, 3.05) is 13.2 Å². The van der Waals surface area contributed by atoms with Crippen molar-refractivity contribution in [1.82, 2.24) is 14.5 Å². The standard InChI is InChI=1S/C19H25N3O4S/c1-4-14-7-5-6-8-22(14)15(23)10-26-16(24)9-21-11-20-18-17(19(21)25)12(2)13(3)27-18/h11,14H,4-10H2,1-3H3/t14-/m0/s1. The Labute approximate surface area is 161 Å². The van der Waals surface area contributed by atoms with E-state index in [2.05, 4.69) is 11.9 Å². The number of likely N-dealkylation sites (tertiary alicyclic amines) is 1. The highest BCUT2D eigenvalue weighted by Crippen LogP contribution is 2.25. The summed E-state index contributed by atoms with van der Waals surface area (Å²) in [7, 11) is 0. The molecule has 1 aliphatic heterocycles. The molecular formula is C19H25N3O4S. The van der Waals surface area contributed by atoms with Gasteiger partial charge in [-0.2, -0.15) is 0 Å². The molecule has 7 nitrogen and oxygen atoms in total. The third kappa shape index (κ3) is 4.05. The first-order valence-corrected chi connectivity index (χ1v) is 10.1. The van der Waals surface area contributed by atoms with Crippen molar-refractivity contribution in [1.29, 1.82) is 0 Å². The highest BCUT2D eigenvalue weighted by atomic mass is 32.1. The van der Waals surface area contributed by atoms with E-state index in [1.807, 2.05) is 18.7 Å². The molecule has 0 unspecified atom stereocenters. The Morgan fingerprint density at radius 1 is 1.33 bits per heavy atom. The third-order valence-corrected chi connectivity index (χ3v) is 6.35. The molecule has 1 fully saturated rings. The minimum Gasteiger partial charge on any atom is -0.454 e. The van der Waals surface area contributed by atoms with Gasteiger partial charge in [0, 0.05) is 17.5 Å². The lowest BCUT2D eigenvalue weighted by atomic mass is 10.00. The second kappa shape index (κ2) is 8.21. The van der Waals surface area contributed by atoms with Gasteiger partial charge in [0.2, 0.25) is 0 Å². The van der Waals surface area contributed by atoms with Crippen LogP contribution in [0.2, 0.25) is 0 Å². The van der Waals surface area contributed by atoms with Gasteiger partial charge in [-0.1, -0.05) is 6.92 Å². The molecule has 1 atom stereocenters. The van der Waals surface area contributed by atoms with Crippen LogP contribution in [0.3, 0.4) is 0 Å². The summed E-state index contributed by atoms with van der Waals surface area (Å²) in [5.74, 6) is -0.776. The van der Waals surface area contributed by atoms with Crippen LogP contribution in [0.15, 0.2) is 11.1 Å². The maximum absolute atomic E-state index is 12.6. The molecule has 1 saturated heterocycles. The average molecular weight is 391 g/mol. The summed E-state index contributed by atoms with van der Waals surface area (Å²) >= 11 is 1.46. The number of aryl methyl sites for hydroxylation is 2. The quantitative estimate of drug-likeness (QED) is 0.731. The van der Waals surface area contributed by atoms with E-state index in [1.54, 1.807) is 0 Å². The minimum atomic E-state index is -0.610. The molecule has 8 heteroatoms. The maximum atomic E-state index is 12.6. The van der Waals surface area contributed by atoms with Crippen molar-refractivity contribution in [3.8, 4) is 0 Å². The first kappa shape index (κ1) is 19.5. The average Bonchev–Trinajstić information content (AvgIpc) is 2.96. The molecule has 1 aliphatic rings. The van der Waals surface area contributed by atoms with E-state index in [1.165, 1.54) is 22.2 Å². The van der Waals surface area contributed by atoms with Gasteiger partial charge in [-0.15, -0.1) is 11.3 Å². The smallest absolute Gasteiger partial charge is 0.326 e. The Morgan fingerprint density at radius 2 is 2.11 bits per heavy atom. The molecule has 0 spiro atoms. The van der Waals surface area contributed by atoms with E-state index in [-0.39, 0.29) is 30.7 Å². The Bertz CT molecular complexity index is 918. The van der Waals surface area contributed by atoms with E-state index in [4.69, 9.17) is 4.74 Å². The number of piperidine rings is 1. The van der Waals surface area contributed by atoms with Crippen LogP contribution in [0.5, 0.6) is 0 Å². The van der Waals surface area contributed by atoms with Gasteiger partial charge in [0.25, 0.3) is 11.5 Å². The molecule has 0 bridgehead atoms. The highest BCUT2D eigenvalue weighted by Gasteiger charge is 2.26. The lowest BCUT2D eigenvalue weighted by molar-refractivity contribution is -0.154. The molecule has 3 rings (SSSR count). The Kier molecular flexibility index (Phi) is 5.94. The number of nitrogens with zero attached hydrogens (tertiary/aromatic N) is 3. The first-order chi connectivity index (χ1) is 12.9. The van der Waals surface area contributed by atoms with Gasteiger partial charge in [-0.3, -0.25) is 19.0 Å². The largest absolute Gasteiger partial charge is 0.454 e. The lowest BCUT2D eigenvalue weighted by Crippen LogP contribution is -2.45. The SMILES string of the molecule is CC[C@H]1CCCCN1C(=O)COC(=O)Cn1cnc2sc(C)c(C)c2c1=O. The van der Waals surface area contributed by atoms with Crippen molar-refractivity contribution in [3.05, 3.63) is 27.1 Å². The summed E-state index contributed by atoms with van der Waals surface area (Å²) < 4.78 is 6.38. The number of thiophene rings is 1. The van der Waals surface area contributed by atoms with E-state index in [0.29, 0.717) is 16.8 Å². The molecule has 1 amide bonds. The molecule has 2 aromatic rings. The van der Waals surface area contributed by atoms with Gasteiger partial charge in [0.15, 0.2) is 6.61 Å². The number of carbonyl (C=O) groups excluding carboxylic acids is 2. The van der Waals surface area contributed by atoms with Crippen LogP contribution < -0.4 is 5.56 Å². The van der Waals surface area contributed by atoms with Gasteiger partial charge in [-0.05, 0) is 45.1 Å². The number of rotatable bonds is 5. The summed E-state index contributed by atoms with van der Waals surface area (Å²) in [4.78, 5) is 44.9. The van der Waals surface area contributed by atoms with Gasteiger partial charge < -0.3 is 9.64 Å². The second-order valence-corrected chi connectivity index (χ2v) is 8.15. The fourth-order valence-electron chi connectivity index (χ4n) is 3.55. The molecule has 0 radical (unpaired) electrons. The number of carbonyl (C=O) groups is 2. The summed E-state index contributed by atoms with van der Waals surface area (Å²) in [5, 5.41) is 0.544. The summed E-state index contributed by atoms with van der Waals surface area (Å²) in [6.07, 6.45) is 5.37. The molecule has 3 heterocycles. The molecule has 0 saturated carbocycles. The number of aromatic nitrogens is 2. The van der Waals surface area contributed by atoms with E-state index >= 15 is 0 Å². The van der Waals surface area contributed by atoms with E-state index in [0.717, 1.165) is 36.1 Å². The maximum Gasteiger partial charge on any atom is 0.326 e. The van der Waals surface area contributed by atoms with Crippen LogP contribution >= 0.6 is 11.3 Å². The predicted octanol–water partition coefficient (Wildman–Crippen LogP) is 2.41. The highest BCUT2D eigenvalue weighted by molar-refractivity contribution is 7.18. The number of hydrogen-bond donors (Lipinski definition) is 0. The normalized spacial score (nSPS) is 17.3. The summed E-state index contributed by atoms with van der Waals surface area (Å²) in [6, 6.07) is 0.226. The fourth-order valence-corrected chi connectivity index (χ4v) is 4.53. The van der Waals surface area contributed by atoms with Crippen molar-refractivity contribution < 1.29 is 14.3 Å². The van der Waals surface area contributed by atoms with Gasteiger partial charge >= 0.3 is 5.97 Å². The van der Waals surface area contributed by atoms with Crippen LogP contribution in [0.4, 0.5) is 0 Å². The topological polar surface area (TPSA) is 81.5 Å². The summed E-state index contributed by atoms with van der Waals surface area (Å²) in [5.41, 5.74) is 0.633. The van der Waals surface area contributed by atoms with Crippen molar-refractivity contribution in [2.24, 2.45) is 0 Å². The van der Waals surface area contributed by atoms with Crippen molar-refractivity contribution in [2.45, 2.75) is 59.0 Å². The van der Waals surface area contributed by atoms with Crippen molar-refractivity contribution in [3.63, 3.8) is 0 Å². The number of hydrogen-bond acceptors (Lipinski definition) is 6. The molecule has 2 aromatic heterocycles. The zero-order chi connectivity index (χ0) is 19.6. The minimum absolute atomic E-state index is 0.167. The first-order valence-electron chi connectivity index (χ1n) is 9.32. The second-order valence-electron chi connectivity index (χ2n) is 6.95. The van der Waals surface area contributed by atoms with Crippen LogP contribution in [0, 0.1) is 13.8 Å². The molecule has 146 valence electrons. The number of fused-ring (bicyclic) bond motifs is 1. The van der Waals surface area contributed by atoms with Crippen LogP contribution in [0.25, 0.3) is 10.2 Å². The van der Waals surface area contributed by atoms with Gasteiger partial charge in [-0.25, -0.2) is 4.98 Å². The number of ether oxygens (including phenoxy) is 1.